The monoisotopic (exact) mass is 379 g/mol. The summed E-state index contributed by atoms with van der Waals surface area (Å²) in [6.45, 7) is 1.66. The fraction of sp³-hybridized carbons (Fsp3) is 0.150. The Kier molecular flexibility index (Phi) is 5.12. The second kappa shape index (κ2) is 7.34. The molecule has 0 heterocycles. The largest absolute Gasteiger partial charge is 0.349 e. The highest BCUT2D eigenvalue weighted by Crippen LogP contribution is 2.26. The Morgan fingerprint density at radius 2 is 1.41 bits per heavy atom. The van der Waals surface area contributed by atoms with Gasteiger partial charge in [-0.1, -0.05) is 42.5 Å². The van der Waals surface area contributed by atoms with Crippen molar-refractivity contribution in [2.24, 2.45) is 0 Å². The second-order valence-electron chi connectivity index (χ2n) is 6.08. The van der Waals surface area contributed by atoms with Crippen LogP contribution in [0.1, 0.15) is 24.1 Å². The number of rotatable bonds is 4. The van der Waals surface area contributed by atoms with E-state index in [0.717, 1.165) is 16.3 Å². The Morgan fingerprint density at radius 1 is 0.852 bits per heavy atom. The van der Waals surface area contributed by atoms with Crippen LogP contribution < -0.4 is 5.32 Å². The van der Waals surface area contributed by atoms with E-state index in [1.54, 1.807) is 19.1 Å². The molecular formula is C20H14F5NO. The van der Waals surface area contributed by atoms with Crippen LogP contribution in [0.25, 0.3) is 10.8 Å². The number of hydrogen-bond acceptors (Lipinski definition) is 1. The van der Waals surface area contributed by atoms with Crippen LogP contribution in [0.15, 0.2) is 42.5 Å². The Labute approximate surface area is 151 Å². The van der Waals surface area contributed by atoms with Crippen molar-refractivity contribution in [3.63, 3.8) is 0 Å². The minimum absolute atomic E-state index is 0.537. The van der Waals surface area contributed by atoms with Crippen LogP contribution in [0.4, 0.5) is 22.0 Å². The fourth-order valence-electron chi connectivity index (χ4n) is 2.96. The average Bonchev–Trinajstić information content (AvgIpc) is 2.67. The molecule has 27 heavy (non-hydrogen) atoms. The number of nitrogens with one attached hydrogen (secondary N) is 1. The van der Waals surface area contributed by atoms with Gasteiger partial charge in [0.05, 0.1) is 12.5 Å². The lowest BCUT2D eigenvalue weighted by Crippen LogP contribution is -2.29. The highest BCUT2D eigenvalue weighted by atomic mass is 19.2. The summed E-state index contributed by atoms with van der Waals surface area (Å²) in [4.78, 5) is 12.2. The van der Waals surface area contributed by atoms with E-state index in [1.807, 2.05) is 30.3 Å². The van der Waals surface area contributed by atoms with Crippen LogP contribution in [-0.2, 0) is 11.2 Å². The number of hydrogen-bond donors (Lipinski definition) is 1. The standard InChI is InChI=1S/C20H14F5NO/c1-10(12-8-4-6-11-5-2-3-7-13(11)12)26-15(27)9-14-16(21)18(23)20(25)19(24)17(14)22/h2-8,10H,9H2,1H3,(H,26,27). The van der Waals surface area contributed by atoms with Gasteiger partial charge in [-0.3, -0.25) is 4.79 Å². The summed E-state index contributed by atoms with van der Waals surface area (Å²) in [5, 5.41) is 4.35. The average molecular weight is 379 g/mol. The first kappa shape index (κ1) is 18.8. The van der Waals surface area contributed by atoms with Crippen molar-refractivity contribution in [2.45, 2.75) is 19.4 Å². The molecule has 7 heteroatoms. The molecule has 3 rings (SSSR count). The van der Waals surface area contributed by atoms with Crippen LogP contribution in [0.2, 0.25) is 0 Å². The van der Waals surface area contributed by atoms with Crippen molar-refractivity contribution in [3.05, 3.63) is 82.7 Å². The van der Waals surface area contributed by atoms with Gasteiger partial charge < -0.3 is 5.32 Å². The molecule has 0 aliphatic carbocycles. The van der Waals surface area contributed by atoms with Crippen LogP contribution in [0.5, 0.6) is 0 Å². The molecule has 2 nitrogen and oxygen atoms in total. The lowest BCUT2D eigenvalue weighted by molar-refractivity contribution is -0.121. The number of fused-ring (bicyclic) bond motifs is 1. The predicted octanol–water partition coefficient (Wildman–Crippen LogP) is 4.96. The smallest absolute Gasteiger partial charge is 0.225 e. The highest BCUT2D eigenvalue weighted by Gasteiger charge is 2.27. The first-order valence-electron chi connectivity index (χ1n) is 8.08. The molecule has 0 saturated heterocycles. The lowest BCUT2D eigenvalue weighted by atomic mass is 9.99. The van der Waals surface area contributed by atoms with Crippen LogP contribution >= 0.6 is 0 Å². The van der Waals surface area contributed by atoms with Crippen molar-refractivity contribution in [2.75, 3.05) is 0 Å². The second-order valence-corrected chi connectivity index (χ2v) is 6.08. The normalized spacial score (nSPS) is 12.2. The van der Waals surface area contributed by atoms with Gasteiger partial charge in [-0.2, -0.15) is 0 Å². The maximum Gasteiger partial charge on any atom is 0.225 e. The molecule has 1 amide bonds. The molecule has 0 saturated carbocycles. The molecule has 3 aromatic rings. The third kappa shape index (κ3) is 3.49. The van der Waals surface area contributed by atoms with Gasteiger partial charge in [-0.15, -0.1) is 0 Å². The van der Waals surface area contributed by atoms with Crippen LogP contribution in [0.3, 0.4) is 0 Å². The van der Waals surface area contributed by atoms with E-state index in [9.17, 15) is 26.7 Å². The van der Waals surface area contributed by atoms with E-state index in [2.05, 4.69) is 5.32 Å². The van der Waals surface area contributed by atoms with Gasteiger partial charge in [0.25, 0.3) is 0 Å². The molecule has 0 radical (unpaired) electrons. The number of amides is 1. The highest BCUT2D eigenvalue weighted by molar-refractivity contribution is 5.87. The van der Waals surface area contributed by atoms with Crippen LogP contribution in [0, 0.1) is 29.1 Å². The van der Waals surface area contributed by atoms with E-state index in [-0.39, 0.29) is 0 Å². The quantitative estimate of drug-likeness (QED) is 0.388. The number of benzene rings is 3. The third-order valence-electron chi connectivity index (χ3n) is 4.31. The molecule has 3 aromatic carbocycles. The maximum atomic E-state index is 13.7. The zero-order valence-corrected chi connectivity index (χ0v) is 14.1. The van der Waals surface area contributed by atoms with Crippen molar-refractivity contribution in [1.29, 1.82) is 0 Å². The van der Waals surface area contributed by atoms with Crippen molar-refractivity contribution in [1.82, 2.24) is 5.32 Å². The zero-order valence-electron chi connectivity index (χ0n) is 14.1. The van der Waals surface area contributed by atoms with Crippen molar-refractivity contribution >= 4 is 16.7 Å². The van der Waals surface area contributed by atoms with Crippen LogP contribution in [-0.4, -0.2) is 5.91 Å². The predicted molar refractivity (Wildman–Crippen MR) is 90.4 cm³/mol. The molecule has 0 spiro atoms. The summed E-state index contributed by atoms with van der Waals surface area (Å²) >= 11 is 0. The van der Waals surface area contributed by atoms with Gasteiger partial charge in [0.1, 0.15) is 0 Å². The van der Waals surface area contributed by atoms with E-state index in [1.165, 1.54) is 0 Å². The summed E-state index contributed by atoms with van der Waals surface area (Å²) in [6, 6.07) is 12.4. The minimum Gasteiger partial charge on any atom is -0.349 e. The molecule has 0 aromatic heterocycles. The van der Waals surface area contributed by atoms with Gasteiger partial charge in [0, 0.05) is 5.56 Å². The van der Waals surface area contributed by atoms with Crippen molar-refractivity contribution < 1.29 is 26.7 Å². The summed E-state index contributed by atoms with van der Waals surface area (Å²) < 4.78 is 67.1. The summed E-state index contributed by atoms with van der Waals surface area (Å²) in [7, 11) is 0. The Hall–Kier alpha value is -2.96. The molecule has 1 N–H and O–H groups in total. The third-order valence-corrected chi connectivity index (χ3v) is 4.31. The number of halogens is 5. The first-order chi connectivity index (χ1) is 12.8. The first-order valence-corrected chi connectivity index (χ1v) is 8.08. The molecule has 0 aliphatic heterocycles. The SMILES string of the molecule is CC(NC(=O)Cc1c(F)c(F)c(F)c(F)c1F)c1cccc2ccccc12. The molecule has 0 bridgehead atoms. The summed E-state index contributed by atoms with van der Waals surface area (Å²) in [6.07, 6.45) is -0.971. The van der Waals surface area contributed by atoms with Gasteiger partial charge >= 0.3 is 0 Å². The Balaban J connectivity index is 1.84. The lowest BCUT2D eigenvalue weighted by Gasteiger charge is -2.17. The maximum absolute atomic E-state index is 13.7. The van der Waals surface area contributed by atoms with Gasteiger partial charge in [0.15, 0.2) is 23.3 Å². The van der Waals surface area contributed by atoms with Gasteiger partial charge in [-0.05, 0) is 23.3 Å². The number of carbonyl (C=O) groups is 1. The van der Waals surface area contributed by atoms with E-state index < -0.39 is 53.0 Å². The molecule has 140 valence electrons. The molecular weight excluding hydrogens is 365 g/mol. The molecule has 0 aliphatic rings. The van der Waals surface area contributed by atoms with E-state index >= 15 is 0 Å². The Bertz CT molecular complexity index is 1000. The summed E-state index contributed by atoms with van der Waals surface area (Å²) in [5.41, 5.74) is -0.395. The van der Waals surface area contributed by atoms with E-state index in [0.29, 0.717) is 0 Å². The van der Waals surface area contributed by atoms with Gasteiger partial charge in [-0.25, -0.2) is 22.0 Å². The zero-order chi connectivity index (χ0) is 19.7. The topological polar surface area (TPSA) is 29.1 Å². The minimum atomic E-state index is -2.25. The van der Waals surface area contributed by atoms with E-state index in [4.69, 9.17) is 0 Å². The fourth-order valence-corrected chi connectivity index (χ4v) is 2.96. The van der Waals surface area contributed by atoms with Gasteiger partial charge in [0.2, 0.25) is 11.7 Å². The van der Waals surface area contributed by atoms with Crippen molar-refractivity contribution in [3.8, 4) is 0 Å². The molecule has 1 atom stereocenters. The molecule has 0 fully saturated rings. The summed E-state index contributed by atoms with van der Waals surface area (Å²) in [5.74, 6) is -11.3. The molecule has 1 unspecified atom stereocenters. The number of carbonyl (C=O) groups excluding carboxylic acids is 1. The Morgan fingerprint density at radius 3 is 2.07 bits per heavy atom.